The van der Waals surface area contributed by atoms with Gasteiger partial charge in [0.1, 0.15) is 4.90 Å². The number of nitrogens with one attached hydrogen (secondary N) is 1. The molecule has 1 aromatic carbocycles. The van der Waals surface area contributed by atoms with Crippen molar-refractivity contribution in [3.05, 3.63) is 28.2 Å². The maximum absolute atomic E-state index is 11.9. The summed E-state index contributed by atoms with van der Waals surface area (Å²) in [5, 5.41) is 9.22. The minimum absolute atomic E-state index is 0.0585. The van der Waals surface area contributed by atoms with Gasteiger partial charge in [0.05, 0.1) is 5.02 Å². The third kappa shape index (κ3) is 4.12. The first-order valence-corrected chi connectivity index (χ1v) is 7.16. The van der Waals surface area contributed by atoms with Crippen LogP contribution in [0.4, 0.5) is 0 Å². The van der Waals surface area contributed by atoms with E-state index in [-0.39, 0.29) is 29.0 Å². The molecule has 0 spiro atoms. The summed E-state index contributed by atoms with van der Waals surface area (Å²) in [7, 11) is -3.70. The fourth-order valence-corrected chi connectivity index (χ4v) is 3.00. The zero-order chi connectivity index (χ0) is 13.1. The van der Waals surface area contributed by atoms with Gasteiger partial charge in [-0.05, 0) is 24.1 Å². The summed E-state index contributed by atoms with van der Waals surface area (Å²) in [6.07, 6.45) is 0. The predicted octanol–water partition coefficient (Wildman–Crippen LogP) is 1.90. The lowest BCUT2D eigenvalue weighted by Crippen LogP contribution is -2.29. The van der Waals surface area contributed by atoms with Gasteiger partial charge in [0, 0.05) is 18.2 Å². The van der Waals surface area contributed by atoms with Crippen molar-refractivity contribution in [2.75, 3.05) is 13.2 Å². The van der Waals surface area contributed by atoms with Crippen LogP contribution in [0.5, 0.6) is 0 Å². The molecule has 0 amide bonds. The van der Waals surface area contributed by atoms with E-state index in [4.69, 9.17) is 28.3 Å². The second-order valence-electron chi connectivity index (χ2n) is 3.71. The van der Waals surface area contributed by atoms with E-state index in [0.29, 0.717) is 5.02 Å². The highest BCUT2D eigenvalue weighted by molar-refractivity contribution is 7.89. The molecule has 0 fully saturated rings. The first kappa shape index (κ1) is 14.7. The molecule has 0 radical (unpaired) electrons. The number of aliphatic hydroxyl groups is 1. The summed E-state index contributed by atoms with van der Waals surface area (Å²) < 4.78 is 26.1. The first-order valence-electron chi connectivity index (χ1n) is 4.92. The summed E-state index contributed by atoms with van der Waals surface area (Å²) in [5.74, 6) is -0.164. The average Bonchev–Trinajstić information content (AvgIpc) is 2.29. The van der Waals surface area contributed by atoms with Gasteiger partial charge in [0.2, 0.25) is 10.0 Å². The minimum Gasteiger partial charge on any atom is -0.396 e. The van der Waals surface area contributed by atoms with Crippen LogP contribution in [-0.4, -0.2) is 26.7 Å². The Bertz CT molecular complexity index is 490. The van der Waals surface area contributed by atoms with Crippen molar-refractivity contribution in [2.45, 2.75) is 11.8 Å². The van der Waals surface area contributed by atoms with Crippen LogP contribution < -0.4 is 4.72 Å². The molecule has 0 bridgehead atoms. The summed E-state index contributed by atoms with van der Waals surface area (Å²) in [5.41, 5.74) is 0. The SMILES string of the molecule is CC(CO)CNS(=O)(=O)c1cc(Cl)ccc1Cl. The van der Waals surface area contributed by atoms with Crippen LogP contribution >= 0.6 is 23.2 Å². The van der Waals surface area contributed by atoms with Crippen LogP contribution in [0.1, 0.15) is 6.92 Å². The molecular weight excluding hydrogens is 285 g/mol. The Labute approximate surface area is 111 Å². The maximum atomic E-state index is 11.9. The van der Waals surface area contributed by atoms with Crippen LogP contribution in [0.25, 0.3) is 0 Å². The molecule has 1 atom stereocenters. The molecule has 0 saturated carbocycles. The second kappa shape index (κ2) is 6.02. The summed E-state index contributed by atoms with van der Waals surface area (Å²) >= 11 is 11.5. The quantitative estimate of drug-likeness (QED) is 0.872. The van der Waals surface area contributed by atoms with Gasteiger partial charge in [-0.15, -0.1) is 0 Å². The van der Waals surface area contributed by atoms with Gasteiger partial charge in [-0.25, -0.2) is 13.1 Å². The molecule has 0 saturated heterocycles. The molecule has 0 heterocycles. The molecular formula is C10H13Cl2NO3S. The van der Waals surface area contributed by atoms with E-state index < -0.39 is 10.0 Å². The molecule has 0 aromatic heterocycles. The number of benzene rings is 1. The lowest BCUT2D eigenvalue weighted by Gasteiger charge is -2.11. The zero-order valence-electron chi connectivity index (χ0n) is 9.15. The molecule has 1 unspecified atom stereocenters. The van der Waals surface area contributed by atoms with Crippen molar-refractivity contribution in [2.24, 2.45) is 5.92 Å². The van der Waals surface area contributed by atoms with E-state index in [9.17, 15) is 8.42 Å². The molecule has 1 rings (SSSR count). The van der Waals surface area contributed by atoms with Crippen molar-refractivity contribution in [1.29, 1.82) is 0 Å². The molecule has 7 heteroatoms. The Morgan fingerprint density at radius 1 is 1.41 bits per heavy atom. The lowest BCUT2D eigenvalue weighted by atomic mass is 10.2. The molecule has 1 aromatic rings. The number of rotatable bonds is 5. The van der Waals surface area contributed by atoms with Crippen LogP contribution in [0.3, 0.4) is 0 Å². The van der Waals surface area contributed by atoms with E-state index in [2.05, 4.69) is 4.72 Å². The lowest BCUT2D eigenvalue weighted by molar-refractivity contribution is 0.238. The third-order valence-electron chi connectivity index (χ3n) is 2.12. The smallest absolute Gasteiger partial charge is 0.242 e. The van der Waals surface area contributed by atoms with Gasteiger partial charge in [-0.1, -0.05) is 30.1 Å². The van der Waals surface area contributed by atoms with E-state index in [1.54, 1.807) is 6.92 Å². The highest BCUT2D eigenvalue weighted by atomic mass is 35.5. The van der Waals surface area contributed by atoms with Gasteiger partial charge in [-0.3, -0.25) is 0 Å². The maximum Gasteiger partial charge on any atom is 0.242 e. The van der Waals surface area contributed by atoms with Crippen molar-refractivity contribution in [1.82, 2.24) is 4.72 Å². The van der Waals surface area contributed by atoms with Gasteiger partial charge >= 0.3 is 0 Å². The molecule has 4 nitrogen and oxygen atoms in total. The van der Waals surface area contributed by atoms with Gasteiger partial charge < -0.3 is 5.11 Å². The van der Waals surface area contributed by atoms with Crippen molar-refractivity contribution >= 4 is 33.2 Å². The predicted molar refractivity (Wildman–Crippen MR) is 67.9 cm³/mol. The van der Waals surface area contributed by atoms with E-state index in [1.165, 1.54) is 18.2 Å². The van der Waals surface area contributed by atoms with Crippen LogP contribution in [0, 0.1) is 5.92 Å². The fourth-order valence-electron chi connectivity index (χ4n) is 1.08. The molecule has 96 valence electrons. The summed E-state index contributed by atoms with van der Waals surface area (Å²) in [6.45, 7) is 1.77. The number of sulfonamides is 1. The van der Waals surface area contributed by atoms with Gasteiger partial charge in [-0.2, -0.15) is 0 Å². The van der Waals surface area contributed by atoms with Crippen LogP contribution in [0.2, 0.25) is 10.0 Å². The number of hydrogen-bond donors (Lipinski definition) is 2. The second-order valence-corrected chi connectivity index (χ2v) is 6.29. The Morgan fingerprint density at radius 2 is 2.06 bits per heavy atom. The van der Waals surface area contributed by atoms with Gasteiger partial charge in [0.15, 0.2) is 0 Å². The van der Waals surface area contributed by atoms with E-state index in [0.717, 1.165) is 0 Å². The van der Waals surface area contributed by atoms with Crippen LogP contribution in [0.15, 0.2) is 23.1 Å². The highest BCUT2D eigenvalue weighted by Gasteiger charge is 2.18. The minimum atomic E-state index is -3.70. The fraction of sp³-hybridized carbons (Fsp3) is 0.400. The number of aliphatic hydroxyl groups excluding tert-OH is 1. The molecule has 17 heavy (non-hydrogen) atoms. The number of hydrogen-bond acceptors (Lipinski definition) is 3. The topological polar surface area (TPSA) is 66.4 Å². The van der Waals surface area contributed by atoms with E-state index >= 15 is 0 Å². The molecule has 0 aliphatic rings. The van der Waals surface area contributed by atoms with Gasteiger partial charge in [0.25, 0.3) is 0 Å². The monoisotopic (exact) mass is 297 g/mol. The first-order chi connectivity index (χ1) is 7.86. The normalized spacial score (nSPS) is 13.6. The van der Waals surface area contributed by atoms with Crippen molar-refractivity contribution in [3.63, 3.8) is 0 Å². The molecule has 0 aliphatic carbocycles. The average molecular weight is 298 g/mol. The van der Waals surface area contributed by atoms with Crippen LogP contribution in [-0.2, 0) is 10.0 Å². The summed E-state index contributed by atoms with van der Waals surface area (Å²) in [4.78, 5) is -0.0585. The Morgan fingerprint density at radius 3 is 2.65 bits per heavy atom. The highest BCUT2D eigenvalue weighted by Crippen LogP contribution is 2.24. The van der Waals surface area contributed by atoms with E-state index in [1.807, 2.05) is 0 Å². The largest absolute Gasteiger partial charge is 0.396 e. The Kier molecular flexibility index (Phi) is 5.22. The standard InChI is InChI=1S/C10H13Cl2NO3S/c1-7(6-14)5-13-17(15,16)10-4-8(11)2-3-9(10)12/h2-4,7,13-14H,5-6H2,1H3. The third-order valence-corrected chi connectivity index (χ3v) is 4.26. The molecule has 2 N–H and O–H groups in total. The molecule has 0 aliphatic heterocycles. The Balaban J connectivity index is 2.93. The number of halogens is 2. The Hall–Kier alpha value is -0.330. The zero-order valence-corrected chi connectivity index (χ0v) is 11.5. The van der Waals surface area contributed by atoms with Crippen molar-refractivity contribution in [3.8, 4) is 0 Å². The van der Waals surface area contributed by atoms with Crippen molar-refractivity contribution < 1.29 is 13.5 Å². The summed E-state index contributed by atoms with van der Waals surface area (Å²) in [6, 6.07) is 4.23.